The molecule has 1 aliphatic heterocycles. The molecular formula is C16H22BrN3O3. The zero-order chi connectivity index (χ0) is 16.4. The summed E-state index contributed by atoms with van der Waals surface area (Å²) in [6, 6.07) is 4.02. The molecule has 126 valence electrons. The predicted molar refractivity (Wildman–Crippen MR) is 93.4 cm³/mol. The van der Waals surface area contributed by atoms with Gasteiger partial charge in [-0.25, -0.2) is 0 Å². The Kier molecular flexibility index (Phi) is 5.06. The predicted octanol–water partition coefficient (Wildman–Crippen LogP) is 3.43. The van der Waals surface area contributed by atoms with E-state index in [1.165, 1.54) is 31.7 Å². The summed E-state index contributed by atoms with van der Waals surface area (Å²) in [6.07, 6.45) is 5.26. The van der Waals surface area contributed by atoms with Crippen LogP contribution in [0.25, 0.3) is 0 Å². The Hall–Kier alpha value is -1.34. The van der Waals surface area contributed by atoms with Gasteiger partial charge in [0.25, 0.3) is 5.69 Å². The monoisotopic (exact) mass is 383 g/mol. The van der Waals surface area contributed by atoms with Gasteiger partial charge in [-0.1, -0.05) is 12.8 Å². The van der Waals surface area contributed by atoms with Crippen LogP contribution in [0.15, 0.2) is 16.6 Å². The topological polar surface area (TPSA) is 58.8 Å². The third-order valence-corrected chi connectivity index (χ3v) is 5.56. The van der Waals surface area contributed by atoms with Gasteiger partial charge in [-0.3, -0.25) is 15.0 Å². The summed E-state index contributed by atoms with van der Waals surface area (Å²) < 4.78 is 5.92. The average molecular weight is 384 g/mol. The highest BCUT2D eigenvalue weighted by Crippen LogP contribution is 2.38. The molecule has 2 aliphatic rings. The standard InChI is InChI=1S/C16H22BrN3O3/c1-23-16-11-14(15(20(21)22)10-13(16)17)19-8-6-18(7-9-19)12-4-2-3-5-12/h10-12H,2-9H2,1H3. The summed E-state index contributed by atoms with van der Waals surface area (Å²) in [4.78, 5) is 15.7. The van der Waals surface area contributed by atoms with Crippen LogP contribution in [0.2, 0.25) is 0 Å². The van der Waals surface area contributed by atoms with Crippen molar-refractivity contribution in [1.82, 2.24) is 4.90 Å². The molecule has 0 N–H and O–H groups in total. The average Bonchev–Trinajstić information content (AvgIpc) is 3.09. The second-order valence-corrected chi connectivity index (χ2v) is 7.05. The van der Waals surface area contributed by atoms with E-state index in [4.69, 9.17) is 4.74 Å². The quantitative estimate of drug-likeness (QED) is 0.588. The number of ether oxygens (including phenoxy) is 1. The van der Waals surface area contributed by atoms with Crippen molar-refractivity contribution in [3.63, 3.8) is 0 Å². The van der Waals surface area contributed by atoms with Crippen molar-refractivity contribution in [1.29, 1.82) is 0 Å². The van der Waals surface area contributed by atoms with Crippen LogP contribution in [0.5, 0.6) is 5.75 Å². The van der Waals surface area contributed by atoms with E-state index < -0.39 is 0 Å². The fourth-order valence-electron chi connectivity index (χ4n) is 3.69. The number of rotatable bonds is 4. The second-order valence-electron chi connectivity index (χ2n) is 6.19. The van der Waals surface area contributed by atoms with E-state index in [2.05, 4.69) is 25.7 Å². The van der Waals surface area contributed by atoms with Crippen LogP contribution in [0.1, 0.15) is 25.7 Å². The summed E-state index contributed by atoms with van der Waals surface area (Å²) in [6.45, 7) is 3.59. The maximum Gasteiger partial charge on any atom is 0.293 e. The molecule has 1 aliphatic carbocycles. The van der Waals surface area contributed by atoms with Crippen LogP contribution in [-0.4, -0.2) is 49.2 Å². The van der Waals surface area contributed by atoms with Crippen molar-refractivity contribution >= 4 is 27.3 Å². The molecule has 1 saturated carbocycles. The lowest BCUT2D eigenvalue weighted by atomic mass is 10.1. The van der Waals surface area contributed by atoms with Crippen LogP contribution in [0, 0.1) is 10.1 Å². The van der Waals surface area contributed by atoms with Crippen molar-refractivity contribution < 1.29 is 9.66 Å². The number of methoxy groups -OCH3 is 1. The van der Waals surface area contributed by atoms with E-state index in [1.54, 1.807) is 13.2 Å². The van der Waals surface area contributed by atoms with E-state index in [0.29, 0.717) is 22.0 Å². The molecule has 3 rings (SSSR count). The molecule has 1 aromatic carbocycles. The van der Waals surface area contributed by atoms with E-state index >= 15 is 0 Å². The van der Waals surface area contributed by atoms with Crippen molar-refractivity contribution in [2.45, 2.75) is 31.7 Å². The molecule has 2 fully saturated rings. The Morgan fingerprint density at radius 3 is 2.43 bits per heavy atom. The van der Waals surface area contributed by atoms with Crippen LogP contribution in [0.4, 0.5) is 11.4 Å². The molecule has 0 bridgehead atoms. The number of piperazine rings is 1. The van der Waals surface area contributed by atoms with Crippen molar-refractivity contribution in [2.24, 2.45) is 0 Å². The first-order chi connectivity index (χ1) is 11.1. The number of nitrogens with zero attached hydrogens (tertiary/aromatic N) is 3. The van der Waals surface area contributed by atoms with Crippen LogP contribution in [0.3, 0.4) is 0 Å². The zero-order valence-corrected chi connectivity index (χ0v) is 14.9. The van der Waals surface area contributed by atoms with E-state index in [1.807, 2.05) is 0 Å². The molecule has 0 aromatic heterocycles. The summed E-state index contributed by atoms with van der Waals surface area (Å²) in [5, 5.41) is 11.4. The number of nitro groups is 1. The van der Waals surface area contributed by atoms with Crippen molar-refractivity contribution in [2.75, 3.05) is 38.2 Å². The Balaban J connectivity index is 1.77. The third kappa shape index (κ3) is 3.45. The van der Waals surface area contributed by atoms with Gasteiger partial charge >= 0.3 is 0 Å². The molecule has 7 heteroatoms. The smallest absolute Gasteiger partial charge is 0.293 e. The molecule has 23 heavy (non-hydrogen) atoms. The van der Waals surface area contributed by atoms with Crippen molar-refractivity contribution in [3.05, 3.63) is 26.7 Å². The maximum absolute atomic E-state index is 11.4. The first kappa shape index (κ1) is 16.5. The van der Waals surface area contributed by atoms with Gasteiger partial charge in [-0.2, -0.15) is 0 Å². The number of anilines is 1. The highest BCUT2D eigenvalue weighted by atomic mass is 79.9. The molecule has 6 nitrogen and oxygen atoms in total. The molecule has 1 aromatic rings. The van der Waals surface area contributed by atoms with Gasteiger partial charge in [0, 0.05) is 44.4 Å². The molecule has 1 heterocycles. The first-order valence-electron chi connectivity index (χ1n) is 8.11. The Labute approximate surface area is 144 Å². The number of hydrogen-bond acceptors (Lipinski definition) is 5. The summed E-state index contributed by atoms with van der Waals surface area (Å²) in [5.41, 5.74) is 0.785. The van der Waals surface area contributed by atoms with Gasteiger partial charge in [0.05, 0.1) is 16.5 Å². The first-order valence-corrected chi connectivity index (χ1v) is 8.90. The number of halogens is 1. The minimum atomic E-state index is -0.317. The molecule has 0 spiro atoms. The van der Waals surface area contributed by atoms with E-state index in [9.17, 15) is 10.1 Å². The SMILES string of the molecule is COc1cc(N2CCN(C3CCCC3)CC2)c([N+](=O)[O-])cc1Br. The molecule has 0 amide bonds. The highest BCUT2D eigenvalue weighted by Gasteiger charge is 2.29. The lowest BCUT2D eigenvalue weighted by Gasteiger charge is -2.39. The fourth-order valence-corrected chi connectivity index (χ4v) is 4.18. The van der Waals surface area contributed by atoms with Crippen LogP contribution in [-0.2, 0) is 0 Å². The number of benzene rings is 1. The highest BCUT2D eigenvalue weighted by molar-refractivity contribution is 9.10. The van der Waals surface area contributed by atoms with Gasteiger partial charge in [0.15, 0.2) is 0 Å². The fraction of sp³-hybridized carbons (Fsp3) is 0.625. The molecular weight excluding hydrogens is 362 g/mol. The molecule has 0 radical (unpaired) electrons. The van der Waals surface area contributed by atoms with Crippen molar-refractivity contribution in [3.8, 4) is 5.75 Å². The number of nitro benzene ring substituents is 1. The van der Waals surface area contributed by atoms with E-state index in [0.717, 1.165) is 26.2 Å². The third-order valence-electron chi connectivity index (χ3n) is 4.94. The van der Waals surface area contributed by atoms with E-state index in [-0.39, 0.29) is 10.6 Å². The minimum absolute atomic E-state index is 0.131. The van der Waals surface area contributed by atoms with Gasteiger partial charge < -0.3 is 9.64 Å². The zero-order valence-electron chi connectivity index (χ0n) is 13.3. The Morgan fingerprint density at radius 2 is 1.87 bits per heavy atom. The van der Waals surface area contributed by atoms with Gasteiger partial charge in [0.1, 0.15) is 11.4 Å². The molecule has 0 atom stereocenters. The maximum atomic E-state index is 11.4. The van der Waals surface area contributed by atoms with Crippen LogP contribution < -0.4 is 9.64 Å². The normalized spacial score (nSPS) is 20.0. The van der Waals surface area contributed by atoms with Gasteiger partial charge in [0.2, 0.25) is 0 Å². The Bertz CT molecular complexity index is 582. The van der Waals surface area contributed by atoms with Crippen LogP contribution >= 0.6 is 15.9 Å². The summed E-state index contributed by atoms with van der Waals surface area (Å²) >= 11 is 3.33. The van der Waals surface area contributed by atoms with Gasteiger partial charge in [-0.15, -0.1) is 0 Å². The second kappa shape index (κ2) is 7.05. The summed E-state index contributed by atoms with van der Waals surface area (Å²) in [7, 11) is 1.58. The van der Waals surface area contributed by atoms with Gasteiger partial charge in [-0.05, 0) is 28.8 Å². The lowest BCUT2D eigenvalue weighted by molar-refractivity contribution is -0.384. The molecule has 1 saturated heterocycles. The Morgan fingerprint density at radius 1 is 1.22 bits per heavy atom. The largest absolute Gasteiger partial charge is 0.495 e. The molecule has 0 unspecified atom stereocenters. The number of hydrogen-bond donors (Lipinski definition) is 0. The minimum Gasteiger partial charge on any atom is -0.495 e. The lowest BCUT2D eigenvalue weighted by Crippen LogP contribution is -2.49. The summed E-state index contributed by atoms with van der Waals surface area (Å²) in [5.74, 6) is 0.629.